The molecule has 0 bridgehead atoms. The maximum Gasteiger partial charge on any atom is 0.138 e. The molecule has 0 radical (unpaired) electrons. The molecule has 0 aliphatic heterocycles. The Morgan fingerprint density at radius 3 is 2.83 bits per heavy atom. The third-order valence-electron chi connectivity index (χ3n) is 1.68. The third-order valence-corrected chi connectivity index (χ3v) is 1.68. The van der Waals surface area contributed by atoms with E-state index in [-0.39, 0.29) is 0 Å². The van der Waals surface area contributed by atoms with Gasteiger partial charge in [-0.25, -0.2) is 9.97 Å². The van der Waals surface area contributed by atoms with Gasteiger partial charge < -0.3 is 10.7 Å². The van der Waals surface area contributed by atoms with Gasteiger partial charge in [0.15, 0.2) is 0 Å². The van der Waals surface area contributed by atoms with Crippen LogP contribution in [0, 0.1) is 5.41 Å². The molecule has 4 nitrogen and oxygen atoms in total. The van der Waals surface area contributed by atoms with E-state index in [4.69, 9.17) is 5.41 Å². The highest BCUT2D eigenvalue weighted by Gasteiger charge is 2.04. The highest BCUT2D eigenvalue weighted by Crippen LogP contribution is 2.11. The summed E-state index contributed by atoms with van der Waals surface area (Å²) in [6.45, 7) is 2.01. The molecule has 4 heteroatoms. The number of aryl methyl sites for hydroxylation is 1. The van der Waals surface area contributed by atoms with Crippen LogP contribution < -0.4 is 5.32 Å². The van der Waals surface area contributed by atoms with Gasteiger partial charge in [-0.1, -0.05) is 6.92 Å². The van der Waals surface area contributed by atoms with Gasteiger partial charge >= 0.3 is 0 Å². The summed E-state index contributed by atoms with van der Waals surface area (Å²) in [5.41, 5.74) is 1.69. The molecule has 0 saturated carbocycles. The monoisotopic (exact) mass is 164 g/mol. The van der Waals surface area contributed by atoms with Crippen LogP contribution in [0.4, 0.5) is 5.82 Å². The molecule has 0 fully saturated rings. The van der Waals surface area contributed by atoms with Gasteiger partial charge in [0.2, 0.25) is 0 Å². The molecule has 0 aliphatic rings. The SMILES string of the molecule is CCc1ncnc(NC)c1C=N. The Labute approximate surface area is 71.6 Å². The molecule has 0 aliphatic carbocycles. The van der Waals surface area contributed by atoms with E-state index in [2.05, 4.69) is 15.3 Å². The molecule has 0 amide bonds. The van der Waals surface area contributed by atoms with E-state index in [1.807, 2.05) is 6.92 Å². The average molecular weight is 164 g/mol. The molecular weight excluding hydrogens is 152 g/mol. The molecule has 1 aromatic rings. The lowest BCUT2D eigenvalue weighted by molar-refractivity contribution is 0.993. The van der Waals surface area contributed by atoms with Crippen LogP contribution in [0.3, 0.4) is 0 Å². The molecule has 2 N–H and O–H groups in total. The zero-order valence-corrected chi connectivity index (χ0v) is 7.26. The normalized spacial score (nSPS) is 9.50. The third kappa shape index (κ3) is 1.42. The quantitative estimate of drug-likeness (QED) is 0.657. The molecule has 0 saturated heterocycles. The van der Waals surface area contributed by atoms with Gasteiger partial charge in [-0.15, -0.1) is 0 Å². The fourth-order valence-electron chi connectivity index (χ4n) is 1.06. The lowest BCUT2D eigenvalue weighted by Gasteiger charge is -2.05. The average Bonchev–Trinajstić information content (AvgIpc) is 2.16. The van der Waals surface area contributed by atoms with Crippen molar-refractivity contribution in [2.45, 2.75) is 13.3 Å². The first-order valence-corrected chi connectivity index (χ1v) is 3.85. The smallest absolute Gasteiger partial charge is 0.138 e. The van der Waals surface area contributed by atoms with Crippen molar-refractivity contribution in [3.05, 3.63) is 17.6 Å². The van der Waals surface area contributed by atoms with Crippen LogP contribution in [0.5, 0.6) is 0 Å². The molecule has 0 atom stereocenters. The molecule has 0 spiro atoms. The van der Waals surface area contributed by atoms with Gasteiger partial charge in [0, 0.05) is 13.3 Å². The second-order valence-electron chi connectivity index (χ2n) is 2.33. The molecule has 12 heavy (non-hydrogen) atoms. The predicted octanol–water partition coefficient (Wildman–Crippen LogP) is 1.08. The Hall–Kier alpha value is -1.45. The largest absolute Gasteiger partial charge is 0.372 e. The number of hydrogen-bond acceptors (Lipinski definition) is 4. The van der Waals surface area contributed by atoms with Crippen LogP contribution in [0.15, 0.2) is 6.33 Å². The predicted molar refractivity (Wildman–Crippen MR) is 48.8 cm³/mol. The molecule has 1 aromatic heterocycles. The number of aromatic nitrogens is 2. The Balaban J connectivity index is 3.21. The van der Waals surface area contributed by atoms with Crippen molar-refractivity contribution in [2.24, 2.45) is 0 Å². The first kappa shape index (κ1) is 8.64. The Morgan fingerprint density at radius 2 is 2.33 bits per heavy atom. The second-order valence-corrected chi connectivity index (χ2v) is 2.33. The van der Waals surface area contributed by atoms with E-state index >= 15 is 0 Å². The maximum atomic E-state index is 7.19. The zero-order valence-electron chi connectivity index (χ0n) is 7.26. The van der Waals surface area contributed by atoms with Crippen LogP contribution in [0.2, 0.25) is 0 Å². The van der Waals surface area contributed by atoms with Crippen molar-refractivity contribution < 1.29 is 0 Å². The van der Waals surface area contributed by atoms with Gasteiger partial charge in [0.05, 0.1) is 11.3 Å². The first-order valence-electron chi connectivity index (χ1n) is 3.85. The minimum atomic E-state index is 0.719. The van der Waals surface area contributed by atoms with E-state index in [9.17, 15) is 0 Å². The topological polar surface area (TPSA) is 61.7 Å². The van der Waals surface area contributed by atoms with Crippen LogP contribution in [0.1, 0.15) is 18.2 Å². The van der Waals surface area contributed by atoms with Gasteiger partial charge in [-0.2, -0.15) is 0 Å². The van der Waals surface area contributed by atoms with Crippen molar-refractivity contribution in [2.75, 3.05) is 12.4 Å². The van der Waals surface area contributed by atoms with E-state index < -0.39 is 0 Å². The van der Waals surface area contributed by atoms with Gasteiger partial charge in [-0.3, -0.25) is 0 Å². The number of rotatable bonds is 3. The van der Waals surface area contributed by atoms with Crippen molar-refractivity contribution in [1.29, 1.82) is 5.41 Å². The van der Waals surface area contributed by atoms with Crippen LogP contribution in [-0.4, -0.2) is 23.2 Å². The minimum absolute atomic E-state index is 0.719. The van der Waals surface area contributed by atoms with Crippen LogP contribution in [-0.2, 0) is 6.42 Å². The van der Waals surface area contributed by atoms with E-state index in [0.29, 0.717) is 0 Å². The summed E-state index contributed by atoms with van der Waals surface area (Å²) < 4.78 is 0. The summed E-state index contributed by atoms with van der Waals surface area (Å²) in [7, 11) is 1.79. The molecule has 1 heterocycles. The molecular formula is C8H12N4. The van der Waals surface area contributed by atoms with Gasteiger partial charge in [0.25, 0.3) is 0 Å². The Morgan fingerprint density at radius 1 is 1.58 bits per heavy atom. The van der Waals surface area contributed by atoms with E-state index in [1.54, 1.807) is 7.05 Å². The highest BCUT2D eigenvalue weighted by atomic mass is 15.0. The van der Waals surface area contributed by atoms with Crippen molar-refractivity contribution in [3.8, 4) is 0 Å². The van der Waals surface area contributed by atoms with Gasteiger partial charge in [0.1, 0.15) is 12.1 Å². The summed E-state index contributed by atoms with van der Waals surface area (Å²) in [5, 5.41) is 10.1. The summed E-state index contributed by atoms with van der Waals surface area (Å²) in [5.74, 6) is 0.719. The minimum Gasteiger partial charge on any atom is -0.372 e. The summed E-state index contributed by atoms with van der Waals surface area (Å²) in [6, 6.07) is 0. The summed E-state index contributed by atoms with van der Waals surface area (Å²) >= 11 is 0. The first-order chi connectivity index (χ1) is 5.83. The van der Waals surface area contributed by atoms with E-state index in [0.717, 1.165) is 23.5 Å². The van der Waals surface area contributed by atoms with Crippen molar-refractivity contribution in [3.63, 3.8) is 0 Å². The lowest BCUT2D eigenvalue weighted by Crippen LogP contribution is -2.03. The lowest BCUT2D eigenvalue weighted by atomic mass is 10.2. The number of nitrogens with one attached hydrogen (secondary N) is 2. The Kier molecular flexibility index (Phi) is 2.74. The Bertz CT molecular complexity index is 260. The molecule has 0 unspecified atom stereocenters. The number of hydrogen-bond donors (Lipinski definition) is 2. The highest BCUT2D eigenvalue weighted by molar-refractivity contribution is 5.85. The molecule has 0 aromatic carbocycles. The van der Waals surface area contributed by atoms with E-state index in [1.165, 1.54) is 12.5 Å². The summed E-state index contributed by atoms with van der Waals surface area (Å²) in [6.07, 6.45) is 3.62. The van der Waals surface area contributed by atoms with Crippen molar-refractivity contribution in [1.82, 2.24) is 9.97 Å². The zero-order chi connectivity index (χ0) is 8.97. The molecule has 1 rings (SSSR count). The second kappa shape index (κ2) is 3.80. The van der Waals surface area contributed by atoms with Crippen LogP contribution >= 0.6 is 0 Å². The van der Waals surface area contributed by atoms with Crippen LogP contribution in [0.25, 0.3) is 0 Å². The fourth-order valence-corrected chi connectivity index (χ4v) is 1.06. The fraction of sp³-hybridized carbons (Fsp3) is 0.375. The summed E-state index contributed by atoms with van der Waals surface area (Å²) in [4.78, 5) is 8.08. The number of anilines is 1. The number of nitrogens with zero attached hydrogens (tertiary/aromatic N) is 2. The van der Waals surface area contributed by atoms with Gasteiger partial charge in [-0.05, 0) is 6.42 Å². The maximum absolute atomic E-state index is 7.19. The molecule has 64 valence electrons. The standard InChI is InChI=1S/C8H12N4/c1-3-7-6(4-9)8(10-2)12-5-11-7/h4-5,9H,3H2,1-2H3,(H,10,11,12). The van der Waals surface area contributed by atoms with Crippen molar-refractivity contribution >= 4 is 12.0 Å².